The minimum absolute atomic E-state index is 0.187. The number of imide groups is 1. The fourth-order valence-electron chi connectivity index (χ4n) is 3.85. The molecule has 11 heteroatoms. The molecule has 1 aliphatic carbocycles. The molecule has 1 saturated carbocycles. The van der Waals surface area contributed by atoms with Crippen LogP contribution in [0.1, 0.15) is 18.4 Å². The Bertz CT molecular complexity index is 1170. The Balaban J connectivity index is 1.39. The summed E-state index contributed by atoms with van der Waals surface area (Å²) in [5.74, 6) is -0.229. The number of aromatic amines is 1. The molecule has 0 atom stereocenters. The summed E-state index contributed by atoms with van der Waals surface area (Å²) in [6.07, 6.45) is 1.11. The minimum Gasteiger partial charge on any atom is -0.406 e. The summed E-state index contributed by atoms with van der Waals surface area (Å²) >= 11 is 0. The Kier molecular flexibility index (Phi) is 4.43. The first-order valence-corrected chi connectivity index (χ1v) is 9.73. The molecule has 0 unspecified atom stereocenters. The van der Waals surface area contributed by atoms with Gasteiger partial charge in [0.1, 0.15) is 17.0 Å². The lowest BCUT2D eigenvalue weighted by Gasteiger charge is -2.21. The van der Waals surface area contributed by atoms with Crippen LogP contribution in [0.5, 0.6) is 5.75 Å². The number of benzene rings is 1. The zero-order valence-electron chi connectivity index (χ0n) is 16.5. The lowest BCUT2D eigenvalue weighted by atomic mass is 10.1. The predicted octanol–water partition coefficient (Wildman–Crippen LogP) is 3.87. The van der Waals surface area contributed by atoms with Crippen LogP contribution in [0.25, 0.3) is 11.5 Å². The molecule has 1 aromatic carbocycles. The number of urea groups is 1. The van der Waals surface area contributed by atoms with Gasteiger partial charge in [-0.15, -0.1) is 13.2 Å². The normalized spacial score (nSPS) is 17.3. The van der Waals surface area contributed by atoms with Gasteiger partial charge in [-0.1, -0.05) is 0 Å². The number of H-pyrrole nitrogens is 1. The summed E-state index contributed by atoms with van der Waals surface area (Å²) in [6, 6.07) is 7.70. The predicted molar refractivity (Wildman–Crippen MR) is 105 cm³/mol. The van der Waals surface area contributed by atoms with E-state index in [1.807, 2.05) is 0 Å². The first-order chi connectivity index (χ1) is 15.3. The SMILES string of the molecule is O=C1N(c2ccc(OC(F)(F)F)cc2)C(=O)C2(CC2)N1Cc1ccnc(-c2ncc[nH]2)c1. The number of halogens is 3. The van der Waals surface area contributed by atoms with Gasteiger partial charge in [-0.2, -0.15) is 0 Å². The van der Waals surface area contributed by atoms with Crippen molar-refractivity contribution in [2.24, 2.45) is 0 Å². The lowest BCUT2D eigenvalue weighted by molar-refractivity contribution is -0.274. The molecule has 5 rings (SSSR count). The third-order valence-electron chi connectivity index (χ3n) is 5.50. The number of nitrogens with zero attached hydrogens (tertiary/aromatic N) is 4. The largest absolute Gasteiger partial charge is 0.573 e. The fraction of sp³-hybridized carbons (Fsp3) is 0.238. The Morgan fingerprint density at radius 3 is 2.44 bits per heavy atom. The van der Waals surface area contributed by atoms with E-state index in [9.17, 15) is 22.8 Å². The van der Waals surface area contributed by atoms with Crippen molar-refractivity contribution in [3.8, 4) is 17.3 Å². The molecule has 0 radical (unpaired) electrons. The van der Waals surface area contributed by atoms with Gasteiger partial charge in [-0.3, -0.25) is 9.78 Å². The zero-order chi connectivity index (χ0) is 22.5. The van der Waals surface area contributed by atoms with Crippen molar-refractivity contribution in [2.45, 2.75) is 31.3 Å². The van der Waals surface area contributed by atoms with Crippen LogP contribution in [0, 0.1) is 0 Å². The number of rotatable bonds is 5. The van der Waals surface area contributed by atoms with E-state index >= 15 is 0 Å². The van der Waals surface area contributed by atoms with E-state index in [1.165, 1.54) is 17.0 Å². The van der Waals surface area contributed by atoms with E-state index in [1.54, 1.807) is 30.7 Å². The van der Waals surface area contributed by atoms with Gasteiger partial charge < -0.3 is 14.6 Å². The summed E-state index contributed by atoms with van der Waals surface area (Å²) in [6.45, 7) is 0.187. The summed E-state index contributed by atoms with van der Waals surface area (Å²) in [4.78, 5) is 40.2. The van der Waals surface area contributed by atoms with Gasteiger partial charge >= 0.3 is 12.4 Å². The first-order valence-electron chi connectivity index (χ1n) is 9.73. The maximum Gasteiger partial charge on any atom is 0.573 e. The quantitative estimate of drug-likeness (QED) is 0.605. The number of alkyl halides is 3. The highest BCUT2D eigenvalue weighted by atomic mass is 19.4. The van der Waals surface area contributed by atoms with E-state index in [4.69, 9.17) is 0 Å². The van der Waals surface area contributed by atoms with Crippen LogP contribution in [0.4, 0.5) is 23.7 Å². The van der Waals surface area contributed by atoms with Crippen molar-refractivity contribution in [3.05, 3.63) is 60.6 Å². The maximum absolute atomic E-state index is 13.2. The lowest BCUT2D eigenvalue weighted by Crippen LogP contribution is -2.36. The number of amides is 3. The molecule has 1 N–H and O–H groups in total. The average molecular weight is 443 g/mol. The molecule has 2 fully saturated rings. The van der Waals surface area contributed by atoms with Gasteiger partial charge in [0.05, 0.1) is 5.69 Å². The van der Waals surface area contributed by atoms with Gasteiger partial charge in [0.25, 0.3) is 5.91 Å². The molecular weight excluding hydrogens is 427 g/mol. The van der Waals surface area contributed by atoms with E-state index in [2.05, 4.69) is 19.7 Å². The summed E-state index contributed by atoms with van der Waals surface area (Å²) in [5, 5.41) is 0. The molecule has 8 nitrogen and oxygen atoms in total. The van der Waals surface area contributed by atoms with E-state index in [-0.39, 0.29) is 18.1 Å². The number of aromatic nitrogens is 3. The van der Waals surface area contributed by atoms with Gasteiger partial charge in [-0.05, 0) is 54.8 Å². The number of ether oxygens (including phenoxy) is 1. The van der Waals surface area contributed by atoms with Gasteiger partial charge in [0.2, 0.25) is 0 Å². The first kappa shape index (κ1) is 20.0. The minimum atomic E-state index is -4.82. The van der Waals surface area contributed by atoms with Crippen molar-refractivity contribution in [1.82, 2.24) is 19.9 Å². The second-order valence-corrected chi connectivity index (χ2v) is 7.57. The number of pyridine rings is 1. The molecule has 164 valence electrons. The third-order valence-corrected chi connectivity index (χ3v) is 5.50. The van der Waals surface area contributed by atoms with Crippen molar-refractivity contribution in [3.63, 3.8) is 0 Å². The Morgan fingerprint density at radius 1 is 1.06 bits per heavy atom. The van der Waals surface area contributed by atoms with Crippen LogP contribution < -0.4 is 9.64 Å². The second-order valence-electron chi connectivity index (χ2n) is 7.57. The van der Waals surface area contributed by atoms with Crippen molar-refractivity contribution < 1.29 is 27.5 Å². The molecule has 1 aliphatic heterocycles. The van der Waals surface area contributed by atoms with E-state index < -0.39 is 23.7 Å². The van der Waals surface area contributed by atoms with Crippen LogP contribution in [0.3, 0.4) is 0 Å². The van der Waals surface area contributed by atoms with Crippen LogP contribution in [-0.2, 0) is 11.3 Å². The second kappa shape index (κ2) is 7.08. The monoisotopic (exact) mass is 443 g/mol. The highest BCUT2D eigenvalue weighted by Gasteiger charge is 2.65. The number of imidazole rings is 1. The van der Waals surface area contributed by atoms with Crippen LogP contribution in [0.2, 0.25) is 0 Å². The number of hydrogen-bond acceptors (Lipinski definition) is 5. The highest BCUT2D eigenvalue weighted by molar-refractivity contribution is 6.24. The summed E-state index contributed by atoms with van der Waals surface area (Å²) in [7, 11) is 0. The number of hydrogen-bond donors (Lipinski definition) is 1. The Morgan fingerprint density at radius 2 is 1.81 bits per heavy atom. The van der Waals surface area contributed by atoms with Crippen molar-refractivity contribution >= 4 is 17.6 Å². The third kappa shape index (κ3) is 3.45. The standard InChI is InChI=1S/C21H16F3N5O3/c22-21(23,24)32-15-3-1-14(2-4-15)29-18(30)20(6-7-20)28(19(29)31)12-13-5-8-25-16(11-13)17-26-9-10-27-17/h1-5,8-11H,6-7,12H2,(H,26,27). The van der Waals surface area contributed by atoms with Crippen LogP contribution in [0.15, 0.2) is 55.0 Å². The van der Waals surface area contributed by atoms with E-state index in [0.29, 0.717) is 24.4 Å². The molecule has 1 spiro atoms. The number of nitrogens with one attached hydrogen (secondary N) is 1. The molecule has 0 bridgehead atoms. The molecule has 32 heavy (non-hydrogen) atoms. The molecular formula is C21H16F3N5O3. The Hall–Kier alpha value is -3.89. The number of carbonyl (C=O) groups excluding carboxylic acids is 2. The van der Waals surface area contributed by atoms with Crippen molar-refractivity contribution in [1.29, 1.82) is 0 Å². The summed E-state index contributed by atoms with van der Waals surface area (Å²) < 4.78 is 41.0. The molecule has 2 aromatic heterocycles. The fourth-order valence-corrected chi connectivity index (χ4v) is 3.85. The maximum atomic E-state index is 13.2. The van der Waals surface area contributed by atoms with Gasteiger partial charge in [0, 0.05) is 25.1 Å². The summed E-state index contributed by atoms with van der Waals surface area (Å²) in [5.41, 5.74) is 0.642. The van der Waals surface area contributed by atoms with E-state index in [0.717, 1.165) is 22.6 Å². The highest BCUT2D eigenvalue weighted by Crippen LogP contribution is 2.49. The topological polar surface area (TPSA) is 91.4 Å². The zero-order valence-corrected chi connectivity index (χ0v) is 16.5. The van der Waals surface area contributed by atoms with Gasteiger partial charge in [-0.25, -0.2) is 14.7 Å². The molecule has 3 aromatic rings. The van der Waals surface area contributed by atoms with Crippen LogP contribution in [-0.4, -0.2) is 43.7 Å². The van der Waals surface area contributed by atoms with Gasteiger partial charge in [0.15, 0.2) is 5.82 Å². The molecule has 3 heterocycles. The van der Waals surface area contributed by atoms with Crippen LogP contribution >= 0.6 is 0 Å². The Labute approximate surface area is 179 Å². The average Bonchev–Trinajstić information content (AvgIpc) is 3.31. The smallest absolute Gasteiger partial charge is 0.406 e. The molecule has 2 aliphatic rings. The number of anilines is 1. The van der Waals surface area contributed by atoms with Crippen molar-refractivity contribution in [2.75, 3.05) is 4.90 Å². The number of carbonyl (C=O) groups is 2. The molecule has 1 saturated heterocycles. The molecule has 3 amide bonds.